The summed E-state index contributed by atoms with van der Waals surface area (Å²) in [5.74, 6) is 0.753. The van der Waals surface area contributed by atoms with Crippen LogP contribution in [0.5, 0.6) is 5.75 Å². The van der Waals surface area contributed by atoms with Gasteiger partial charge in [-0.1, -0.05) is 17.4 Å². The summed E-state index contributed by atoms with van der Waals surface area (Å²) in [6.45, 7) is 1.39. The molecule has 0 radical (unpaired) electrons. The Labute approximate surface area is 116 Å². The smallest absolute Gasteiger partial charge is 0.120 e. The summed E-state index contributed by atoms with van der Waals surface area (Å²) in [5.41, 5.74) is 7.35. The van der Waals surface area contributed by atoms with Gasteiger partial charge in [-0.05, 0) is 12.1 Å². The fourth-order valence-corrected chi connectivity index (χ4v) is 1.85. The highest BCUT2D eigenvalue weighted by Crippen LogP contribution is 2.22. The Balaban J connectivity index is 2.06. The zero-order chi connectivity index (χ0) is 13.7. The molecule has 1 heterocycles. The minimum Gasteiger partial charge on any atom is -0.497 e. The number of rotatable bonds is 6. The quantitative estimate of drug-likeness (QED) is 0.768. The predicted octanol–water partition coefficient (Wildman–Crippen LogP) is 1.03. The predicted molar refractivity (Wildman–Crippen MR) is 77.4 cm³/mol. The lowest BCUT2D eigenvalue weighted by atomic mass is 10.1. The van der Waals surface area contributed by atoms with E-state index in [4.69, 9.17) is 22.7 Å². The number of ether oxygens (including phenoxy) is 1. The van der Waals surface area contributed by atoms with Gasteiger partial charge in [0.25, 0.3) is 0 Å². The van der Waals surface area contributed by atoms with Gasteiger partial charge in [-0.25, -0.2) is 0 Å². The molecule has 0 bridgehead atoms. The molecule has 2 aromatic rings. The molecule has 7 heteroatoms. The van der Waals surface area contributed by atoms with Crippen molar-refractivity contribution in [1.29, 1.82) is 0 Å². The molecule has 19 heavy (non-hydrogen) atoms. The van der Waals surface area contributed by atoms with E-state index in [2.05, 4.69) is 15.6 Å². The fraction of sp³-hybridized carbons (Fsp3) is 0.250. The first-order valence-electron chi connectivity index (χ1n) is 5.76. The van der Waals surface area contributed by atoms with E-state index in [0.29, 0.717) is 18.1 Å². The lowest BCUT2D eigenvalue weighted by Crippen LogP contribution is -2.16. The van der Waals surface area contributed by atoms with E-state index in [1.165, 1.54) is 0 Å². The van der Waals surface area contributed by atoms with Gasteiger partial charge in [0, 0.05) is 30.1 Å². The van der Waals surface area contributed by atoms with Gasteiger partial charge in [0.05, 0.1) is 19.9 Å². The number of anilines is 1. The highest BCUT2D eigenvalue weighted by Gasteiger charge is 2.06. The Hall–Kier alpha value is -2.15. The number of hydrogen-bond acceptors (Lipinski definition) is 5. The van der Waals surface area contributed by atoms with Gasteiger partial charge >= 0.3 is 0 Å². The molecule has 0 atom stereocenters. The molecular weight excluding hydrogens is 262 g/mol. The third-order valence-electron chi connectivity index (χ3n) is 2.62. The maximum atomic E-state index is 5.70. The molecule has 0 aliphatic carbocycles. The standard InChI is InChI=1S/C12H15N5OS/c1-18-9-2-3-10(12(13)19)11(8-9)14-4-6-17-7-5-15-16-17/h2-3,5,7-8,14H,4,6H2,1H3,(H2,13,19). The lowest BCUT2D eigenvalue weighted by Gasteiger charge is -2.12. The van der Waals surface area contributed by atoms with E-state index < -0.39 is 0 Å². The molecule has 0 spiro atoms. The number of nitrogens with one attached hydrogen (secondary N) is 1. The number of nitrogens with two attached hydrogens (primary N) is 1. The zero-order valence-electron chi connectivity index (χ0n) is 10.5. The SMILES string of the molecule is COc1ccc(C(N)=S)c(NCCn2ccnn2)c1. The normalized spacial score (nSPS) is 10.2. The fourth-order valence-electron chi connectivity index (χ4n) is 1.67. The van der Waals surface area contributed by atoms with Crippen molar-refractivity contribution in [2.75, 3.05) is 19.0 Å². The van der Waals surface area contributed by atoms with Gasteiger partial charge in [-0.15, -0.1) is 5.10 Å². The van der Waals surface area contributed by atoms with Crippen molar-refractivity contribution in [2.45, 2.75) is 6.54 Å². The second-order valence-corrected chi connectivity index (χ2v) is 4.31. The molecule has 0 amide bonds. The number of thiocarbonyl (C=S) groups is 1. The molecule has 6 nitrogen and oxygen atoms in total. The van der Waals surface area contributed by atoms with Gasteiger partial charge < -0.3 is 15.8 Å². The first-order valence-corrected chi connectivity index (χ1v) is 6.17. The van der Waals surface area contributed by atoms with Gasteiger partial charge in [0.2, 0.25) is 0 Å². The van der Waals surface area contributed by atoms with Crippen LogP contribution in [0.3, 0.4) is 0 Å². The number of methoxy groups -OCH3 is 1. The summed E-state index contributed by atoms with van der Waals surface area (Å²) in [7, 11) is 1.62. The Morgan fingerprint density at radius 2 is 2.37 bits per heavy atom. The third kappa shape index (κ3) is 3.41. The maximum Gasteiger partial charge on any atom is 0.120 e. The van der Waals surface area contributed by atoms with E-state index in [1.807, 2.05) is 24.4 Å². The van der Waals surface area contributed by atoms with Crippen molar-refractivity contribution in [1.82, 2.24) is 15.0 Å². The Morgan fingerprint density at radius 1 is 1.53 bits per heavy atom. The third-order valence-corrected chi connectivity index (χ3v) is 2.84. The summed E-state index contributed by atoms with van der Waals surface area (Å²) >= 11 is 5.03. The average molecular weight is 277 g/mol. The Morgan fingerprint density at radius 3 is 3.00 bits per heavy atom. The number of nitrogens with zero attached hydrogens (tertiary/aromatic N) is 3. The molecule has 0 saturated carbocycles. The van der Waals surface area contributed by atoms with Gasteiger partial charge in [-0.2, -0.15) is 0 Å². The highest BCUT2D eigenvalue weighted by atomic mass is 32.1. The summed E-state index contributed by atoms with van der Waals surface area (Å²) in [5, 5.41) is 10.9. The van der Waals surface area contributed by atoms with Crippen LogP contribution in [-0.4, -0.2) is 33.6 Å². The van der Waals surface area contributed by atoms with Crippen LogP contribution in [0, 0.1) is 0 Å². The molecule has 100 valence electrons. The first-order chi connectivity index (χ1) is 9.20. The van der Waals surface area contributed by atoms with E-state index in [1.54, 1.807) is 18.0 Å². The van der Waals surface area contributed by atoms with Crippen molar-refractivity contribution in [3.63, 3.8) is 0 Å². The largest absolute Gasteiger partial charge is 0.497 e. The number of aromatic nitrogens is 3. The molecule has 0 aliphatic heterocycles. The second-order valence-electron chi connectivity index (χ2n) is 3.87. The molecular formula is C12H15N5OS. The van der Waals surface area contributed by atoms with Crippen LogP contribution in [0.25, 0.3) is 0 Å². The molecule has 1 aromatic heterocycles. The summed E-state index contributed by atoms with van der Waals surface area (Å²) < 4.78 is 6.93. The lowest BCUT2D eigenvalue weighted by molar-refractivity contribution is 0.415. The Kier molecular flexibility index (Phi) is 4.30. The summed E-state index contributed by atoms with van der Waals surface area (Å²) in [4.78, 5) is 0.353. The van der Waals surface area contributed by atoms with Crippen molar-refractivity contribution >= 4 is 22.9 Å². The van der Waals surface area contributed by atoms with Gasteiger partial charge in [-0.3, -0.25) is 4.68 Å². The van der Waals surface area contributed by atoms with Crippen LogP contribution in [0.2, 0.25) is 0 Å². The molecule has 0 saturated heterocycles. The number of hydrogen-bond donors (Lipinski definition) is 2. The molecule has 0 aliphatic rings. The maximum absolute atomic E-state index is 5.70. The van der Waals surface area contributed by atoms with E-state index in [9.17, 15) is 0 Å². The van der Waals surface area contributed by atoms with Crippen LogP contribution < -0.4 is 15.8 Å². The molecule has 0 fully saturated rings. The van der Waals surface area contributed by atoms with Crippen molar-refractivity contribution in [3.05, 3.63) is 36.2 Å². The molecule has 3 N–H and O–H groups in total. The molecule has 1 aromatic carbocycles. The zero-order valence-corrected chi connectivity index (χ0v) is 11.4. The molecule has 2 rings (SSSR count). The van der Waals surface area contributed by atoms with Gasteiger partial charge in [0.1, 0.15) is 10.7 Å². The van der Waals surface area contributed by atoms with E-state index in [-0.39, 0.29) is 0 Å². The monoisotopic (exact) mass is 277 g/mol. The van der Waals surface area contributed by atoms with E-state index >= 15 is 0 Å². The minimum atomic E-state index is 0.353. The number of benzene rings is 1. The Bertz CT molecular complexity index is 555. The summed E-state index contributed by atoms with van der Waals surface area (Å²) in [6.07, 6.45) is 3.45. The minimum absolute atomic E-state index is 0.353. The van der Waals surface area contributed by atoms with Crippen molar-refractivity contribution < 1.29 is 4.74 Å². The van der Waals surface area contributed by atoms with Crippen molar-refractivity contribution in [3.8, 4) is 5.75 Å². The van der Waals surface area contributed by atoms with Crippen LogP contribution in [0.1, 0.15) is 5.56 Å². The van der Waals surface area contributed by atoms with Crippen molar-refractivity contribution in [2.24, 2.45) is 5.73 Å². The first kappa shape index (κ1) is 13.3. The highest BCUT2D eigenvalue weighted by molar-refractivity contribution is 7.80. The van der Waals surface area contributed by atoms with Gasteiger partial charge in [0.15, 0.2) is 0 Å². The van der Waals surface area contributed by atoms with Crippen LogP contribution in [-0.2, 0) is 6.54 Å². The topological polar surface area (TPSA) is 78.0 Å². The summed E-state index contributed by atoms with van der Waals surface area (Å²) in [6, 6.07) is 5.55. The average Bonchev–Trinajstić information content (AvgIpc) is 2.91. The molecule has 0 unspecified atom stereocenters. The van der Waals surface area contributed by atoms with Crippen LogP contribution in [0.4, 0.5) is 5.69 Å². The van der Waals surface area contributed by atoms with E-state index in [0.717, 1.165) is 17.0 Å². The van der Waals surface area contributed by atoms with Crippen LogP contribution >= 0.6 is 12.2 Å². The van der Waals surface area contributed by atoms with Crippen LogP contribution in [0.15, 0.2) is 30.6 Å². The second kappa shape index (κ2) is 6.14.